The van der Waals surface area contributed by atoms with Crippen molar-refractivity contribution in [3.63, 3.8) is 0 Å². The van der Waals surface area contributed by atoms with Gasteiger partial charge in [0.25, 0.3) is 0 Å². The summed E-state index contributed by atoms with van der Waals surface area (Å²) in [6.07, 6.45) is 0. The molecule has 0 aliphatic carbocycles. The summed E-state index contributed by atoms with van der Waals surface area (Å²) < 4.78 is 5.18. The second-order valence-electron chi connectivity index (χ2n) is 14.1. The van der Waals surface area contributed by atoms with Gasteiger partial charge in [-0.1, -0.05) is 152 Å². The Labute approximate surface area is 327 Å². The van der Waals surface area contributed by atoms with E-state index in [9.17, 15) is 0 Å². The van der Waals surface area contributed by atoms with Crippen LogP contribution in [0.4, 0.5) is 17.1 Å². The van der Waals surface area contributed by atoms with Crippen molar-refractivity contribution < 1.29 is 0 Å². The highest BCUT2D eigenvalue weighted by molar-refractivity contribution is 7.26. The van der Waals surface area contributed by atoms with Crippen LogP contribution < -0.4 is 4.90 Å². The van der Waals surface area contributed by atoms with Crippen LogP contribution in [0.1, 0.15) is 0 Å². The third-order valence-electron chi connectivity index (χ3n) is 10.9. The quantitative estimate of drug-likeness (QED) is 0.164. The number of fused-ring (bicyclic) bond motifs is 7. The largest absolute Gasteiger partial charge is 0.308 e. The lowest BCUT2D eigenvalue weighted by Gasteiger charge is -2.28. The molecule has 0 radical (unpaired) electrons. The van der Waals surface area contributed by atoms with Crippen LogP contribution in [0, 0.1) is 0 Å². The lowest BCUT2D eigenvalue weighted by atomic mass is 9.97. The molecule has 2 heterocycles. The Balaban J connectivity index is 1.08. The maximum Gasteiger partial charge on any atom is 0.0641 e. The van der Waals surface area contributed by atoms with E-state index in [2.05, 4.69) is 205 Å². The Hall–Kier alpha value is -6.52. The van der Waals surface area contributed by atoms with E-state index in [0.29, 0.717) is 0 Å². The van der Waals surface area contributed by atoms with E-state index in [1.54, 1.807) is 0 Å². The summed E-state index contributed by atoms with van der Waals surface area (Å²) in [7, 11) is 0. The van der Waals surface area contributed by atoms with E-state index in [0.717, 1.165) is 5.69 Å². The highest BCUT2D eigenvalue weighted by atomic mass is 32.1. The summed E-state index contributed by atoms with van der Waals surface area (Å²) in [5.41, 5.74) is 10.9. The van der Waals surface area contributed by atoms with Gasteiger partial charge >= 0.3 is 0 Å². The maximum atomic E-state index is 2.50. The first-order valence-electron chi connectivity index (χ1n) is 18.7. The molecule has 11 aromatic rings. The average molecular weight is 736 g/mol. The van der Waals surface area contributed by atoms with Crippen LogP contribution >= 0.6 is 22.7 Å². The van der Waals surface area contributed by atoms with Crippen molar-refractivity contribution in [3.05, 3.63) is 200 Å². The van der Waals surface area contributed by atoms with Crippen molar-refractivity contribution in [1.29, 1.82) is 0 Å². The van der Waals surface area contributed by atoms with E-state index in [1.165, 1.54) is 95.9 Å². The van der Waals surface area contributed by atoms with Gasteiger partial charge in [-0.05, 0) is 92.7 Å². The first kappa shape index (κ1) is 32.0. The van der Waals surface area contributed by atoms with Crippen molar-refractivity contribution in [2.75, 3.05) is 4.90 Å². The lowest BCUT2D eigenvalue weighted by Crippen LogP contribution is -2.10. The first-order valence-corrected chi connectivity index (χ1v) is 20.3. The molecular weight excluding hydrogens is 703 g/mol. The predicted octanol–water partition coefficient (Wildman–Crippen LogP) is 16.0. The molecule has 9 aromatic carbocycles. The number of anilines is 3. The van der Waals surface area contributed by atoms with Crippen molar-refractivity contribution in [2.24, 2.45) is 0 Å². The topological polar surface area (TPSA) is 3.24 Å². The molecule has 258 valence electrons. The highest BCUT2D eigenvalue weighted by Crippen LogP contribution is 2.51. The molecule has 0 saturated heterocycles. The molecule has 0 bridgehead atoms. The van der Waals surface area contributed by atoms with Gasteiger partial charge in [0.05, 0.1) is 16.1 Å². The molecule has 55 heavy (non-hydrogen) atoms. The maximum absolute atomic E-state index is 2.50. The molecular formula is C52H33NS2. The molecule has 0 N–H and O–H groups in total. The van der Waals surface area contributed by atoms with Crippen LogP contribution in [-0.2, 0) is 0 Å². The summed E-state index contributed by atoms with van der Waals surface area (Å²) >= 11 is 3.75. The zero-order valence-corrected chi connectivity index (χ0v) is 31.4. The molecule has 0 atom stereocenters. The fourth-order valence-electron chi connectivity index (χ4n) is 8.23. The molecule has 0 spiro atoms. The van der Waals surface area contributed by atoms with Gasteiger partial charge in [-0.2, -0.15) is 0 Å². The van der Waals surface area contributed by atoms with Crippen molar-refractivity contribution in [1.82, 2.24) is 0 Å². The highest BCUT2D eigenvalue weighted by Gasteiger charge is 2.23. The van der Waals surface area contributed by atoms with E-state index < -0.39 is 0 Å². The van der Waals surface area contributed by atoms with Crippen LogP contribution in [-0.4, -0.2) is 0 Å². The van der Waals surface area contributed by atoms with Crippen molar-refractivity contribution in [3.8, 4) is 33.4 Å². The van der Waals surface area contributed by atoms with Crippen molar-refractivity contribution >= 4 is 90.9 Å². The van der Waals surface area contributed by atoms with Gasteiger partial charge in [-0.25, -0.2) is 0 Å². The van der Waals surface area contributed by atoms with E-state index >= 15 is 0 Å². The number of rotatable bonds is 6. The van der Waals surface area contributed by atoms with E-state index in [1.807, 2.05) is 22.7 Å². The SMILES string of the molecule is c1ccc(-c2ccc(N(c3ccc(-c4ccc(-c5ccc6ccccc6c5)cc4)cc3)c3cccc4sc5ccccc5c34)c3sc4ccccc4c23)cc1. The number of hydrogen-bond donors (Lipinski definition) is 0. The first-order chi connectivity index (χ1) is 27.3. The molecule has 0 aliphatic heterocycles. The van der Waals surface area contributed by atoms with Gasteiger partial charge < -0.3 is 4.90 Å². The van der Waals surface area contributed by atoms with Gasteiger partial charge in [0.1, 0.15) is 0 Å². The fraction of sp³-hybridized carbons (Fsp3) is 0. The predicted molar refractivity (Wildman–Crippen MR) is 241 cm³/mol. The summed E-state index contributed by atoms with van der Waals surface area (Å²) in [6.45, 7) is 0. The number of benzene rings is 9. The summed E-state index contributed by atoms with van der Waals surface area (Å²) in [4.78, 5) is 2.50. The van der Waals surface area contributed by atoms with Crippen LogP contribution in [0.2, 0.25) is 0 Å². The van der Waals surface area contributed by atoms with Crippen LogP contribution in [0.25, 0.3) is 84.5 Å². The molecule has 0 amide bonds. The molecule has 0 saturated carbocycles. The second kappa shape index (κ2) is 13.1. The van der Waals surface area contributed by atoms with Crippen LogP contribution in [0.15, 0.2) is 200 Å². The average Bonchev–Trinajstić information content (AvgIpc) is 3.84. The van der Waals surface area contributed by atoms with Gasteiger partial charge in [-0.3, -0.25) is 0 Å². The minimum absolute atomic E-state index is 1.13. The Morgan fingerprint density at radius 3 is 1.67 bits per heavy atom. The van der Waals surface area contributed by atoms with Crippen LogP contribution in [0.5, 0.6) is 0 Å². The molecule has 0 aliphatic rings. The summed E-state index contributed by atoms with van der Waals surface area (Å²) in [5, 5.41) is 7.71. The molecule has 1 nitrogen and oxygen atoms in total. The molecule has 2 aromatic heterocycles. The Morgan fingerprint density at radius 1 is 0.327 bits per heavy atom. The number of nitrogens with zero attached hydrogens (tertiary/aromatic N) is 1. The molecule has 11 rings (SSSR count). The normalized spacial score (nSPS) is 11.6. The summed E-state index contributed by atoms with van der Waals surface area (Å²) in [6, 6.07) is 73.3. The second-order valence-corrected chi connectivity index (χ2v) is 16.2. The molecule has 0 unspecified atom stereocenters. The monoisotopic (exact) mass is 735 g/mol. The standard InChI is InChI=1S/C52H33NS2/c1-2-12-38(13-3-1)42-31-32-46(52-50(42)43-15-6-9-19-48(43)55-52)53(45-17-10-20-49-51(45)44-16-7-8-18-47(44)54-49)41-29-27-36(28-30-41)35-21-23-37(24-22-35)40-26-25-34-11-4-5-14-39(34)33-40/h1-33H. The fourth-order valence-corrected chi connectivity index (χ4v) is 10.6. The zero-order chi connectivity index (χ0) is 36.3. The minimum Gasteiger partial charge on any atom is -0.308 e. The number of thiophene rings is 2. The van der Waals surface area contributed by atoms with Gasteiger partial charge in [0, 0.05) is 41.3 Å². The molecule has 0 fully saturated rings. The zero-order valence-electron chi connectivity index (χ0n) is 29.8. The van der Waals surface area contributed by atoms with E-state index in [-0.39, 0.29) is 0 Å². The minimum atomic E-state index is 1.13. The Morgan fingerprint density at radius 2 is 0.909 bits per heavy atom. The van der Waals surface area contributed by atoms with Crippen molar-refractivity contribution in [2.45, 2.75) is 0 Å². The van der Waals surface area contributed by atoms with Gasteiger partial charge in [0.2, 0.25) is 0 Å². The smallest absolute Gasteiger partial charge is 0.0641 e. The summed E-state index contributed by atoms with van der Waals surface area (Å²) in [5.74, 6) is 0. The third kappa shape index (κ3) is 5.43. The van der Waals surface area contributed by atoms with E-state index in [4.69, 9.17) is 0 Å². The Kier molecular flexibility index (Phi) is 7.61. The van der Waals surface area contributed by atoms with Gasteiger partial charge in [0.15, 0.2) is 0 Å². The van der Waals surface area contributed by atoms with Crippen LogP contribution in [0.3, 0.4) is 0 Å². The van der Waals surface area contributed by atoms with Gasteiger partial charge in [-0.15, -0.1) is 22.7 Å². The molecule has 3 heteroatoms. The Bertz CT molecular complexity index is 3190. The third-order valence-corrected chi connectivity index (χ3v) is 13.2. The lowest BCUT2D eigenvalue weighted by molar-refractivity contribution is 1.32. The number of hydrogen-bond acceptors (Lipinski definition) is 3.